The standard InChI is InChI=1S/C11H16N2O3S/c1-6(2)17-5-9(14)13-8-4-12-7(3)10(8)11(15)16/h4,6,12H,5H2,1-3H3,(H,13,14)(H,15,16). The number of aryl methyl sites for hydroxylation is 1. The quantitative estimate of drug-likeness (QED) is 0.753. The zero-order valence-corrected chi connectivity index (χ0v) is 10.9. The van der Waals surface area contributed by atoms with Gasteiger partial charge >= 0.3 is 5.97 Å². The van der Waals surface area contributed by atoms with Crippen LogP contribution in [0.1, 0.15) is 29.9 Å². The Labute approximate surface area is 104 Å². The maximum atomic E-state index is 11.6. The number of hydrogen-bond donors (Lipinski definition) is 3. The minimum absolute atomic E-state index is 0.118. The van der Waals surface area contributed by atoms with Gasteiger partial charge in [0.1, 0.15) is 5.56 Å². The van der Waals surface area contributed by atoms with E-state index in [4.69, 9.17) is 5.11 Å². The molecule has 0 unspecified atom stereocenters. The fraction of sp³-hybridized carbons (Fsp3) is 0.455. The van der Waals surface area contributed by atoms with Crippen molar-refractivity contribution in [1.29, 1.82) is 0 Å². The largest absolute Gasteiger partial charge is 0.478 e. The molecule has 1 heterocycles. The normalized spacial score (nSPS) is 10.6. The summed E-state index contributed by atoms with van der Waals surface area (Å²) in [6, 6.07) is 0. The van der Waals surface area contributed by atoms with Gasteiger partial charge in [0.05, 0.1) is 11.4 Å². The number of carboxylic acids is 1. The van der Waals surface area contributed by atoms with Crippen molar-refractivity contribution in [2.75, 3.05) is 11.1 Å². The van der Waals surface area contributed by atoms with E-state index in [1.165, 1.54) is 18.0 Å². The topological polar surface area (TPSA) is 82.2 Å². The number of thioether (sulfide) groups is 1. The lowest BCUT2D eigenvalue weighted by atomic mass is 10.2. The van der Waals surface area contributed by atoms with Gasteiger partial charge in [-0.3, -0.25) is 4.79 Å². The highest BCUT2D eigenvalue weighted by Crippen LogP contribution is 2.19. The van der Waals surface area contributed by atoms with E-state index in [9.17, 15) is 9.59 Å². The number of carbonyl (C=O) groups excluding carboxylic acids is 1. The molecule has 1 amide bonds. The van der Waals surface area contributed by atoms with Crippen LogP contribution in [-0.2, 0) is 4.79 Å². The second-order valence-corrected chi connectivity index (χ2v) is 5.48. The number of aromatic carboxylic acids is 1. The maximum Gasteiger partial charge on any atom is 0.339 e. The van der Waals surface area contributed by atoms with Crippen molar-refractivity contribution in [2.24, 2.45) is 0 Å². The number of aromatic nitrogens is 1. The summed E-state index contributed by atoms with van der Waals surface area (Å²) in [6.07, 6.45) is 1.50. The SMILES string of the molecule is Cc1[nH]cc(NC(=O)CSC(C)C)c1C(=O)O. The molecule has 1 aromatic heterocycles. The fourth-order valence-corrected chi connectivity index (χ4v) is 1.89. The highest BCUT2D eigenvalue weighted by Gasteiger charge is 2.17. The van der Waals surface area contributed by atoms with Gasteiger partial charge in [-0.1, -0.05) is 13.8 Å². The first kappa shape index (κ1) is 13.6. The lowest BCUT2D eigenvalue weighted by Gasteiger charge is -2.06. The molecule has 1 rings (SSSR count). The summed E-state index contributed by atoms with van der Waals surface area (Å²) in [5.74, 6) is -0.915. The Morgan fingerprint density at radius 2 is 2.18 bits per heavy atom. The van der Waals surface area contributed by atoms with Crippen molar-refractivity contribution in [3.63, 3.8) is 0 Å². The zero-order valence-electron chi connectivity index (χ0n) is 10.0. The molecule has 6 heteroatoms. The summed E-state index contributed by atoms with van der Waals surface area (Å²) in [4.78, 5) is 25.3. The van der Waals surface area contributed by atoms with E-state index in [1.54, 1.807) is 6.92 Å². The molecule has 0 aromatic carbocycles. The molecule has 0 aliphatic heterocycles. The van der Waals surface area contributed by atoms with Gasteiger partial charge in [-0.05, 0) is 12.2 Å². The Hall–Kier alpha value is -1.43. The Balaban J connectivity index is 2.69. The van der Waals surface area contributed by atoms with E-state index in [0.29, 0.717) is 22.4 Å². The minimum atomic E-state index is -1.05. The lowest BCUT2D eigenvalue weighted by molar-refractivity contribution is -0.113. The van der Waals surface area contributed by atoms with Gasteiger partial charge in [-0.2, -0.15) is 0 Å². The Kier molecular flexibility index (Phi) is 4.62. The lowest BCUT2D eigenvalue weighted by Crippen LogP contribution is -2.16. The molecule has 94 valence electrons. The predicted molar refractivity (Wildman–Crippen MR) is 68.7 cm³/mol. The number of anilines is 1. The number of amides is 1. The molecule has 0 aliphatic carbocycles. The fourth-order valence-electron chi connectivity index (χ4n) is 1.33. The van der Waals surface area contributed by atoms with Crippen LogP contribution in [0, 0.1) is 6.92 Å². The molecule has 0 saturated heterocycles. The molecule has 3 N–H and O–H groups in total. The number of H-pyrrole nitrogens is 1. The van der Waals surface area contributed by atoms with E-state index in [2.05, 4.69) is 10.3 Å². The average Bonchev–Trinajstić information content (AvgIpc) is 2.56. The molecule has 0 spiro atoms. The molecule has 17 heavy (non-hydrogen) atoms. The molecule has 0 atom stereocenters. The summed E-state index contributed by atoms with van der Waals surface area (Å²) in [5, 5.41) is 12.0. The van der Waals surface area contributed by atoms with Crippen LogP contribution in [0.4, 0.5) is 5.69 Å². The number of aromatic amines is 1. The van der Waals surface area contributed by atoms with Crippen LogP contribution in [-0.4, -0.2) is 33.0 Å². The molecule has 0 aliphatic rings. The molecule has 0 saturated carbocycles. The highest BCUT2D eigenvalue weighted by atomic mass is 32.2. The average molecular weight is 256 g/mol. The van der Waals surface area contributed by atoms with E-state index in [0.717, 1.165) is 0 Å². The van der Waals surface area contributed by atoms with Crippen LogP contribution in [0.3, 0.4) is 0 Å². The Morgan fingerprint density at radius 3 is 2.71 bits per heavy atom. The Bertz CT molecular complexity index is 426. The van der Waals surface area contributed by atoms with E-state index >= 15 is 0 Å². The number of carbonyl (C=O) groups is 2. The molecule has 0 fully saturated rings. The smallest absolute Gasteiger partial charge is 0.339 e. The summed E-state index contributed by atoms with van der Waals surface area (Å²) in [6.45, 7) is 5.66. The van der Waals surface area contributed by atoms with E-state index in [1.807, 2.05) is 13.8 Å². The second kappa shape index (κ2) is 5.77. The van der Waals surface area contributed by atoms with Gasteiger partial charge in [0.2, 0.25) is 5.91 Å². The van der Waals surface area contributed by atoms with Crippen molar-refractivity contribution in [3.8, 4) is 0 Å². The maximum absolute atomic E-state index is 11.6. The molecule has 1 aromatic rings. The van der Waals surface area contributed by atoms with Crippen molar-refractivity contribution in [1.82, 2.24) is 4.98 Å². The number of nitrogens with one attached hydrogen (secondary N) is 2. The van der Waals surface area contributed by atoms with Gasteiger partial charge in [0.25, 0.3) is 0 Å². The van der Waals surface area contributed by atoms with E-state index < -0.39 is 5.97 Å². The van der Waals surface area contributed by atoms with Crippen LogP contribution in [0.2, 0.25) is 0 Å². The number of carboxylic acid groups (broad SMARTS) is 1. The molecular formula is C11H16N2O3S. The number of rotatable bonds is 5. The van der Waals surface area contributed by atoms with Crippen molar-refractivity contribution in [3.05, 3.63) is 17.5 Å². The van der Waals surface area contributed by atoms with Crippen molar-refractivity contribution < 1.29 is 14.7 Å². The first-order chi connectivity index (χ1) is 7.91. The van der Waals surface area contributed by atoms with Gasteiger partial charge < -0.3 is 15.4 Å². The van der Waals surface area contributed by atoms with Crippen LogP contribution >= 0.6 is 11.8 Å². The summed E-state index contributed by atoms with van der Waals surface area (Å²) < 4.78 is 0. The molecule has 0 radical (unpaired) electrons. The van der Waals surface area contributed by atoms with Crippen molar-refractivity contribution >= 4 is 29.3 Å². The van der Waals surface area contributed by atoms with Crippen molar-refractivity contribution in [2.45, 2.75) is 26.0 Å². The monoisotopic (exact) mass is 256 g/mol. The molecule has 5 nitrogen and oxygen atoms in total. The third-order valence-electron chi connectivity index (χ3n) is 2.11. The van der Waals surface area contributed by atoms with Gasteiger partial charge in [0, 0.05) is 11.9 Å². The molecular weight excluding hydrogens is 240 g/mol. The van der Waals surface area contributed by atoms with Crippen LogP contribution in [0.15, 0.2) is 6.20 Å². The van der Waals surface area contributed by atoms with Gasteiger partial charge in [0.15, 0.2) is 0 Å². The highest BCUT2D eigenvalue weighted by molar-refractivity contribution is 8.00. The first-order valence-corrected chi connectivity index (χ1v) is 6.29. The van der Waals surface area contributed by atoms with Crippen LogP contribution in [0.25, 0.3) is 0 Å². The summed E-state index contributed by atoms with van der Waals surface area (Å²) in [5.41, 5.74) is 0.974. The summed E-state index contributed by atoms with van der Waals surface area (Å²) >= 11 is 1.51. The van der Waals surface area contributed by atoms with E-state index in [-0.39, 0.29) is 11.5 Å². The van der Waals surface area contributed by atoms with Crippen LogP contribution < -0.4 is 5.32 Å². The third kappa shape index (κ3) is 3.81. The van der Waals surface area contributed by atoms with Crippen LogP contribution in [0.5, 0.6) is 0 Å². The second-order valence-electron chi connectivity index (χ2n) is 3.92. The van der Waals surface area contributed by atoms with Gasteiger partial charge in [-0.15, -0.1) is 11.8 Å². The predicted octanol–water partition coefficient (Wildman–Crippen LogP) is 2.10. The number of hydrogen-bond acceptors (Lipinski definition) is 3. The first-order valence-electron chi connectivity index (χ1n) is 5.24. The summed E-state index contributed by atoms with van der Waals surface area (Å²) in [7, 11) is 0. The van der Waals surface area contributed by atoms with Gasteiger partial charge in [-0.25, -0.2) is 4.79 Å². The minimum Gasteiger partial charge on any atom is -0.478 e. The Morgan fingerprint density at radius 1 is 1.53 bits per heavy atom. The third-order valence-corrected chi connectivity index (χ3v) is 3.21. The zero-order chi connectivity index (χ0) is 13.0. The molecule has 0 bridgehead atoms.